The summed E-state index contributed by atoms with van der Waals surface area (Å²) >= 11 is 11.9. The number of carbonyl (C=O) groups excluding carboxylic acids is 2. The van der Waals surface area contributed by atoms with Gasteiger partial charge in [0, 0.05) is 5.02 Å². The number of aromatic hydroxyl groups is 1. The van der Waals surface area contributed by atoms with Crippen molar-refractivity contribution in [3.8, 4) is 17.2 Å². The second-order valence-electron chi connectivity index (χ2n) is 6.14. The van der Waals surface area contributed by atoms with Crippen LogP contribution >= 0.6 is 23.2 Å². The van der Waals surface area contributed by atoms with Crippen LogP contribution < -0.4 is 14.9 Å². The van der Waals surface area contributed by atoms with E-state index in [1.54, 1.807) is 24.3 Å². The van der Waals surface area contributed by atoms with Crippen LogP contribution in [0.5, 0.6) is 17.2 Å². The average molecular weight is 459 g/mol. The molecule has 0 unspecified atom stereocenters. The summed E-state index contributed by atoms with van der Waals surface area (Å²) in [4.78, 5) is 24.5. The number of nitrogens with one attached hydrogen (secondary N) is 1. The van der Waals surface area contributed by atoms with Gasteiger partial charge in [-0.15, -0.1) is 0 Å². The number of halogens is 2. The minimum absolute atomic E-state index is 0.0975. The van der Waals surface area contributed by atoms with Crippen molar-refractivity contribution in [2.75, 3.05) is 7.11 Å². The summed E-state index contributed by atoms with van der Waals surface area (Å²) in [6.07, 6.45) is 1.38. The van der Waals surface area contributed by atoms with Crippen LogP contribution in [0.1, 0.15) is 26.3 Å². The van der Waals surface area contributed by atoms with E-state index in [9.17, 15) is 14.7 Å². The van der Waals surface area contributed by atoms with E-state index in [-0.39, 0.29) is 33.4 Å². The number of ether oxygens (including phenoxy) is 2. The third-order valence-corrected chi connectivity index (χ3v) is 4.62. The van der Waals surface area contributed by atoms with E-state index >= 15 is 0 Å². The molecule has 31 heavy (non-hydrogen) atoms. The van der Waals surface area contributed by atoms with E-state index < -0.39 is 11.9 Å². The normalized spacial score (nSPS) is 10.7. The fourth-order valence-corrected chi connectivity index (χ4v) is 3.04. The molecule has 2 N–H and O–H groups in total. The zero-order chi connectivity index (χ0) is 22.4. The van der Waals surface area contributed by atoms with Gasteiger partial charge in [0.05, 0.1) is 29.5 Å². The topological polar surface area (TPSA) is 97.2 Å². The predicted molar refractivity (Wildman–Crippen MR) is 118 cm³/mol. The van der Waals surface area contributed by atoms with Crippen molar-refractivity contribution < 1.29 is 24.2 Å². The minimum atomic E-state index is -0.670. The second kappa shape index (κ2) is 9.97. The Morgan fingerprint density at radius 2 is 1.77 bits per heavy atom. The summed E-state index contributed by atoms with van der Waals surface area (Å²) < 4.78 is 10.6. The van der Waals surface area contributed by atoms with E-state index in [2.05, 4.69) is 10.5 Å². The highest BCUT2D eigenvalue weighted by Gasteiger charge is 2.16. The molecule has 0 saturated heterocycles. The van der Waals surface area contributed by atoms with E-state index in [4.69, 9.17) is 32.7 Å². The molecule has 0 aliphatic rings. The highest BCUT2D eigenvalue weighted by atomic mass is 35.5. The molecule has 0 heterocycles. The third kappa shape index (κ3) is 5.53. The number of hydrogen-bond acceptors (Lipinski definition) is 6. The molecule has 0 spiro atoms. The molecule has 0 aliphatic heterocycles. The van der Waals surface area contributed by atoms with Crippen molar-refractivity contribution >= 4 is 41.3 Å². The lowest BCUT2D eigenvalue weighted by atomic mass is 10.2. The first-order chi connectivity index (χ1) is 14.9. The van der Waals surface area contributed by atoms with Crippen LogP contribution in [0.3, 0.4) is 0 Å². The SMILES string of the molecule is COc1cc(C=NNC(=O)c2ccccc2O)ccc1OC(=O)c1ccc(Cl)cc1Cl. The second-order valence-corrected chi connectivity index (χ2v) is 6.98. The molecule has 7 nitrogen and oxygen atoms in total. The predicted octanol–water partition coefficient (Wildman–Crippen LogP) is 4.69. The molecule has 0 aliphatic carbocycles. The summed E-state index contributed by atoms with van der Waals surface area (Å²) in [5.74, 6) is -0.935. The lowest BCUT2D eigenvalue weighted by Crippen LogP contribution is -2.17. The van der Waals surface area contributed by atoms with E-state index in [0.29, 0.717) is 10.6 Å². The van der Waals surface area contributed by atoms with Gasteiger partial charge in [0.1, 0.15) is 5.75 Å². The Bertz CT molecular complexity index is 1160. The van der Waals surface area contributed by atoms with Crippen LogP contribution in [0.15, 0.2) is 65.8 Å². The molecule has 158 valence electrons. The van der Waals surface area contributed by atoms with E-state index in [0.717, 1.165) is 0 Å². The molecule has 0 radical (unpaired) electrons. The summed E-state index contributed by atoms with van der Waals surface area (Å²) in [6, 6.07) is 15.3. The maximum absolute atomic E-state index is 12.4. The Hall–Kier alpha value is -3.55. The lowest BCUT2D eigenvalue weighted by Gasteiger charge is -2.10. The van der Waals surface area contributed by atoms with Crippen LogP contribution in [0, 0.1) is 0 Å². The number of carbonyl (C=O) groups is 2. The lowest BCUT2D eigenvalue weighted by molar-refractivity contribution is 0.0729. The zero-order valence-corrected chi connectivity index (χ0v) is 17.6. The highest BCUT2D eigenvalue weighted by Crippen LogP contribution is 2.30. The van der Waals surface area contributed by atoms with Gasteiger partial charge in [-0.05, 0) is 54.1 Å². The first-order valence-electron chi connectivity index (χ1n) is 8.85. The van der Waals surface area contributed by atoms with Gasteiger partial charge in [-0.25, -0.2) is 10.2 Å². The summed E-state index contributed by atoms with van der Waals surface area (Å²) in [5, 5.41) is 14.1. The molecule has 0 aromatic heterocycles. The molecule has 3 rings (SSSR count). The maximum Gasteiger partial charge on any atom is 0.345 e. The van der Waals surface area contributed by atoms with Gasteiger partial charge in [-0.3, -0.25) is 4.79 Å². The largest absolute Gasteiger partial charge is 0.507 e. The molecule has 9 heteroatoms. The Kier molecular flexibility index (Phi) is 7.12. The van der Waals surface area contributed by atoms with Gasteiger partial charge >= 0.3 is 5.97 Å². The molecule has 0 saturated carbocycles. The Morgan fingerprint density at radius 3 is 2.48 bits per heavy atom. The zero-order valence-electron chi connectivity index (χ0n) is 16.1. The average Bonchev–Trinajstić information content (AvgIpc) is 2.74. The van der Waals surface area contributed by atoms with Crippen LogP contribution in [0.25, 0.3) is 0 Å². The number of hydrogen-bond donors (Lipinski definition) is 2. The highest BCUT2D eigenvalue weighted by molar-refractivity contribution is 6.36. The summed E-state index contributed by atoms with van der Waals surface area (Å²) in [7, 11) is 1.42. The number of phenols is 1. The van der Waals surface area contributed by atoms with Gasteiger partial charge < -0.3 is 14.6 Å². The van der Waals surface area contributed by atoms with Crippen molar-refractivity contribution in [3.05, 3.63) is 87.4 Å². The number of nitrogens with zero attached hydrogens (tertiary/aromatic N) is 1. The number of phenolic OH excluding ortho intramolecular Hbond substituents is 1. The molecule has 0 fully saturated rings. The van der Waals surface area contributed by atoms with Gasteiger partial charge in [0.15, 0.2) is 11.5 Å². The Balaban J connectivity index is 1.71. The van der Waals surface area contributed by atoms with Crippen molar-refractivity contribution in [2.24, 2.45) is 5.10 Å². The van der Waals surface area contributed by atoms with Crippen LogP contribution in [0.2, 0.25) is 10.0 Å². The number of hydrazone groups is 1. The third-order valence-electron chi connectivity index (χ3n) is 4.07. The number of esters is 1. The smallest absolute Gasteiger partial charge is 0.345 e. The molecule has 1 amide bonds. The summed E-state index contributed by atoms with van der Waals surface area (Å²) in [6.45, 7) is 0. The van der Waals surface area contributed by atoms with Gasteiger partial charge in [0.2, 0.25) is 0 Å². The van der Waals surface area contributed by atoms with E-state index in [1.807, 2.05) is 0 Å². The minimum Gasteiger partial charge on any atom is -0.507 e. The molecular weight excluding hydrogens is 443 g/mol. The fourth-order valence-electron chi connectivity index (χ4n) is 2.55. The number of amides is 1. The fraction of sp³-hybridized carbons (Fsp3) is 0.0455. The Labute approximate surface area is 187 Å². The van der Waals surface area contributed by atoms with Crippen molar-refractivity contribution in [1.29, 1.82) is 0 Å². The van der Waals surface area contributed by atoms with Crippen molar-refractivity contribution in [1.82, 2.24) is 5.43 Å². The van der Waals surface area contributed by atoms with Crippen molar-refractivity contribution in [2.45, 2.75) is 0 Å². The van der Waals surface area contributed by atoms with E-state index in [1.165, 1.54) is 49.7 Å². The van der Waals surface area contributed by atoms with Gasteiger partial charge in [-0.1, -0.05) is 35.3 Å². The standard InChI is InChI=1S/C22H16Cl2N2O5/c1-30-20-10-13(12-25-26-21(28)16-4-2-3-5-18(16)27)6-9-19(20)31-22(29)15-8-7-14(23)11-17(15)24/h2-12,27H,1H3,(H,26,28). The number of benzene rings is 3. The first-order valence-corrected chi connectivity index (χ1v) is 9.61. The number of para-hydroxylation sites is 1. The molecule has 0 atom stereocenters. The molecule has 3 aromatic rings. The van der Waals surface area contributed by atoms with Gasteiger partial charge in [0.25, 0.3) is 5.91 Å². The first kappa shape index (κ1) is 22.1. The number of rotatable bonds is 6. The van der Waals surface area contributed by atoms with Crippen LogP contribution in [0.4, 0.5) is 0 Å². The molecular formula is C22H16Cl2N2O5. The monoisotopic (exact) mass is 458 g/mol. The number of methoxy groups -OCH3 is 1. The van der Waals surface area contributed by atoms with Gasteiger partial charge in [-0.2, -0.15) is 5.10 Å². The molecule has 0 bridgehead atoms. The quantitative estimate of drug-likeness (QED) is 0.241. The Morgan fingerprint density at radius 1 is 1.00 bits per heavy atom. The molecule has 3 aromatic carbocycles. The van der Waals surface area contributed by atoms with Crippen molar-refractivity contribution in [3.63, 3.8) is 0 Å². The van der Waals surface area contributed by atoms with Crippen LogP contribution in [-0.4, -0.2) is 30.3 Å². The van der Waals surface area contributed by atoms with Crippen LogP contribution in [-0.2, 0) is 0 Å². The summed E-state index contributed by atoms with van der Waals surface area (Å²) in [5.41, 5.74) is 3.15. The maximum atomic E-state index is 12.4.